The van der Waals surface area contributed by atoms with Crippen molar-refractivity contribution < 1.29 is 9.18 Å². The van der Waals surface area contributed by atoms with Crippen molar-refractivity contribution in [2.75, 3.05) is 5.75 Å². The molecule has 0 radical (unpaired) electrons. The van der Waals surface area contributed by atoms with Crippen molar-refractivity contribution >= 4 is 17.7 Å². The van der Waals surface area contributed by atoms with Crippen LogP contribution in [-0.2, 0) is 11.8 Å². The van der Waals surface area contributed by atoms with Crippen molar-refractivity contribution in [1.82, 2.24) is 20.1 Å². The van der Waals surface area contributed by atoms with Crippen LogP contribution in [0.4, 0.5) is 4.39 Å². The second kappa shape index (κ2) is 8.10. The molecule has 0 spiro atoms. The van der Waals surface area contributed by atoms with E-state index < -0.39 is 0 Å². The predicted molar refractivity (Wildman–Crippen MR) is 89.6 cm³/mol. The first-order valence-corrected chi connectivity index (χ1v) is 8.57. The largest absolute Gasteiger partial charge is 0.353 e. The Morgan fingerprint density at radius 3 is 2.70 bits per heavy atom. The molecule has 2 aromatic rings. The average molecular weight is 336 g/mol. The Labute approximate surface area is 139 Å². The Kier molecular flexibility index (Phi) is 6.15. The van der Waals surface area contributed by atoms with Gasteiger partial charge in [-0.2, -0.15) is 0 Å². The number of hydrogen-bond donors (Lipinski definition) is 1. The van der Waals surface area contributed by atoms with Gasteiger partial charge >= 0.3 is 0 Å². The third-order valence-electron chi connectivity index (χ3n) is 3.40. The molecule has 5 nitrogen and oxygen atoms in total. The SMILES string of the molecule is CCC[C@H](C)NC(=O)CSc1nnc(-c2ccc(F)cc2)n1C. The highest BCUT2D eigenvalue weighted by Gasteiger charge is 2.13. The minimum Gasteiger partial charge on any atom is -0.353 e. The summed E-state index contributed by atoms with van der Waals surface area (Å²) in [7, 11) is 1.83. The van der Waals surface area contributed by atoms with Gasteiger partial charge < -0.3 is 9.88 Å². The van der Waals surface area contributed by atoms with Crippen molar-refractivity contribution in [2.45, 2.75) is 37.9 Å². The Balaban J connectivity index is 1.97. The van der Waals surface area contributed by atoms with E-state index in [2.05, 4.69) is 22.4 Å². The first-order chi connectivity index (χ1) is 11.0. The summed E-state index contributed by atoms with van der Waals surface area (Å²) in [5.74, 6) is 0.640. The van der Waals surface area contributed by atoms with Gasteiger partial charge in [0.2, 0.25) is 5.91 Å². The van der Waals surface area contributed by atoms with Crippen molar-refractivity contribution in [2.24, 2.45) is 7.05 Å². The standard InChI is InChI=1S/C16H21FN4OS/c1-4-5-11(2)18-14(22)10-23-16-20-19-15(21(16)3)12-6-8-13(17)9-7-12/h6-9,11H,4-5,10H2,1-3H3,(H,18,22)/t11-/m0/s1. The smallest absolute Gasteiger partial charge is 0.230 e. The number of halogens is 1. The van der Waals surface area contributed by atoms with Gasteiger partial charge in [0, 0.05) is 18.7 Å². The quantitative estimate of drug-likeness (QED) is 0.790. The Hall–Kier alpha value is -1.89. The molecule has 1 N–H and O–H groups in total. The molecule has 0 aliphatic heterocycles. The van der Waals surface area contributed by atoms with E-state index in [4.69, 9.17) is 0 Å². The molecule has 0 aliphatic rings. The molecule has 0 saturated heterocycles. The molecule has 0 fully saturated rings. The van der Waals surface area contributed by atoms with Gasteiger partial charge in [0.25, 0.3) is 0 Å². The van der Waals surface area contributed by atoms with Crippen LogP contribution >= 0.6 is 11.8 Å². The number of thioether (sulfide) groups is 1. The number of nitrogens with zero attached hydrogens (tertiary/aromatic N) is 3. The van der Waals surface area contributed by atoms with Crippen LogP contribution in [-0.4, -0.2) is 32.5 Å². The van der Waals surface area contributed by atoms with Crippen molar-refractivity contribution in [3.05, 3.63) is 30.1 Å². The molecule has 1 aromatic heterocycles. The molecule has 1 heterocycles. The summed E-state index contributed by atoms with van der Waals surface area (Å²) in [6, 6.07) is 6.28. The zero-order chi connectivity index (χ0) is 16.8. The lowest BCUT2D eigenvalue weighted by molar-refractivity contribution is -0.119. The Morgan fingerprint density at radius 1 is 1.35 bits per heavy atom. The summed E-state index contributed by atoms with van der Waals surface area (Å²) in [5.41, 5.74) is 0.786. The van der Waals surface area contributed by atoms with Gasteiger partial charge in [-0.25, -0.2) is 4.39 Å². The average Bonchev–Trinajstić information content (AvgIpc) is 2.87. The van der Waals surface area contributed by atoms with Crippen LogP contribution in [0, 0.1) is 5.82 Å². The lowest BCUT2D eigenvalue weighted by atomic mass is 10.2. The van der Waals surface area contributed by atoms with E-state index in [1.54, 1.807) is 16.7 Å². The maximum Gasteiger partial charge on any atom is 0.230 e. The van der Waals surface area contributed by atoms with E-state index in [1.807, 2.05) is 14.0 Å². The van der Waals surface area contributed by atoms with E-state index in [9.17, 15) is 9.18 Å². The number of benzene rings is 1. The van der Waals surface area contributed by atoms with Gasteiger partial charge in [-0.15, -0.1) is 10.2 Å². The topological polar surface area (TPSA) is 59.8 Å². The fourth-order valence-corrected chi connectivity index (χ4v) is 2.96. The summed E-state index contributed by atoms with van der Waals surface area (Å²) < 4.78 is 14.8. The molecule has 23 heavy (non-hydrogen) atoms. The van der Waals surface area contributed by atoms with Gasteiger partial charge in [0.05, 0.1) is 5.75 Å². The van der Waals surface area contributed by atoms with Crippen LogP contribution in [0.5, 0.6) is 0 Å². The number of rotatable bonds is 7. The molecule has 0 unspecified atom stereocenters. The van der Waals surface area contributed by atoms with Gasteiger partial charge in [-0.05, 0) is 37.6 Å². The monoisotopic (exact) mass is 336 g/mol. The molecular weight excluding hydrogens is 315 g/mol. The minimum absolute atomic E-state index is 0.0118. The lowest BCUT2D eigenvalue weighted by Crippen LogP contribution is -2.33. The maximum atomic E-state index is 13.0. The van der Waals surface area contributed by atoms with Gasteiger partial charge in [-0.1, -0.05) is 25.1 Å². The highest BCUT2D eigenvalue weighted by molar-refractivity contribution is 7.99. The summed E-state index contributed by atoms with van der Waals surface area (Å²) in [6.45, 7) is 4.09. The summed E-state index contributed by atoms with van der Waals surface area (Å²) in [5, 5.41) is 11.8. The van der Waals surface area contributed by atoms with Crippen LogP contribution in [0.3, 0.4) is 0 Å². The summed E-state index contributed by atoms with van der Waals surface area (Å²) >= 11 is 1.34. The Bertz CT molecular complexity index is 657. The first-order valence-electron chi connectivity index (χ1n) is 7.58. The molecule has 0 aliphatic carbocycles. The number of aromatic nitrogens is 3. The highest BCUT2D eigenvalue weighted by atomic mass is 32.2. The molecule has 1 atom stereocenters. The third kappa shape index (κ3) is 4.79. The van der Waals surface area contributed by atoms with E-state index in [0.717, 1.165) is 18.4 Å². The van der Waals surface area contributed by atoms with Crippen LogP contribution < -0.4 is 5.32 Å². The molecule has 7 heteroatoms. The molecule has 1 aromatic carbocycles. The van der Waals surface area contributed by atoms with E-state index >= 15 is 0 Å². The number of carbonyl (C=O) groups excluding carboxylic acids is 1. The number of carbonyl (C=O) groups is 1. The third-order valence-corrected chi connectivity index (χ3v) is 4.42. The number of hydrogen-bond acceptors (Lipinski definition) is 4. The molecule has 0 saturated carbocycles. The zero-order valence-corrected chi connectivity index (χ0v) is 14.4. The van der Waals surface area contributed by atoms with Crippen LogP contribution in [0.2, 0.25) is 0 Å². The van der Waals surface area contributed by atoms with Crippen molar-refractivity contribution in [3.63, 3.8) is 0 Å². The van der Waals surface area contributed by atoms with Crippen molar-refractivity contribution in [3.8, 4) is 11.4 Å². The van der Waals surface area contributed by atoms with Crippen LogP contribution in [0.1, 0.15) is 26.7 Å². The maximum absolute atomic E-state index is 13.0. The van der Waals surface area contributed by atoms with Gasteiger partial charge in [0.1, 0.15) is 5.82 Å². The highest BCUT2D eigenvalue weighted by Crippen LogP contribution is 2.22. The lowest BCUT2D eigenvalue weighted by Gasteiger charge is -2.12. The Morgan fingerprint density at radius 2 is 2.04 bits per heavy atom. The molecular formula is C16H21FN4OS. The fraction of sp³-hybridized carbons (Fsp3) is 0.438. The van der Waals surface area contributed by atoms with E-state index in [1.165, 1.54) is 23.9 Å². The van der Waals surface area contributed by atoms with Gasteiger partial charge in [-0.3, -0.25) is 4.79 Å². The zero-order valence-electron chi connectivity index (χ0n) is 13.5. The fourth-order valence-electron chi connectivity index (χ4n) is 2.24. The molecule has 2 rings (SSSR count). The van der Waals surface area contributed by atoms with Gasteiger partial charge in [0.15, 0.2) is 11.0 Å². The van der Waals surface area contributed by atoms with Crippen LogP contribution in [0.15, 0.2) is 29.4 Å². The number of amides is 1. The molecule has 124 valence electrons. The first kappa shape index (κ1) is 17.5. The summed E-state index contributed by atoms with van der Waals surface area (Å²) in [6.07, 6.45) is 2.01. The van der Waals surface area contributed by atoms with E-state index in [0.29, 0.717) is 16.7 Å². The predicted octanol–water partition coefficient (Wildman–Crippen LogP) is 3.02. The van der Waals surface area contributed by atoms with Crippen LogP contribution in [0.25, 0.3) is 11.4 Å². The summed E-state index contributed by atoms with van der Waals surface area (Å²) in [4.78, 5) is 11.9. The van der Waals surface area contributed by atoms with Crippen molar-refractivity contribution in [1.29, 1.82) is 0 Å². The second-order valence-electron chi connectivity index (χ2n) is 5.42. The second-order valence-corrected chi connectivity index (χ2v) is 6.36. The normalized spacial score (nSPS) is 12.2. The van der Waals surface area contributed by atoms with E-state index in [-0.39, 0.29) is 17.8 Å². The minimum atomic E-state index is -0.289. The molecule has 1 amide bonds. The molecule has 0 bridgehead atoms. The number of nitrogens with one attached hydrogen (secondary N) is 1.